The van der Waals surface area contributed by atoms with Gasteiger partial charge < -0.3 is 10.6 Å². The van der Waals surface area contributed by atoms with Gasteiger partial charge in [-0.1, -0.05) is 6.58 Å². The molecule has 0 atom stereocenters. The Morgan fingerprint density at radius 1 is 1.46 bits per heavy atom. The largest absolute Gasteiger partial charge is 0.330 e. The second kappa shape index (κ2) is 5.31. The van der Waals surface area contributed by atoms with Crippen LogP contribution in [0.3, 0.4) is 0 Å². The van der Waals surface area contributed by atoms with Crippen LogP contribution >= 0.6 is 0 Å². The Hall–Kier alpha value is -1.36. The molecular weight excluding hydrogens is 170 g/mol. The Kier molecular flexibility index (Phi) is 4.76. The maximum atomic E-state index is 11.4. The SMILES string of the molecule is C=CC(=O)N(CCN)C(=O)N(C)C. The number of imide groups is 1. The molecule has 0 saturated heterocycles. The van der Waals surface area contributed by atoms with Gasteiger partial charge in [-0.15, -0.1) is 0 Å². The standard InChI is InChI=1S/C8H15N3O2/c1-4-7(12)11(6-5-9)8(13)10(2)3/h4H,1,5-6,9H2,2-3H3. The minimum atomic E-state index is -0.427. The van der Waals surface area contributed by atoms with Crippen LogP contribution in [0, 0.1) is 0 Å². The minimum Gasteiger partial charge on any atom is -0.330 e. The predicted molar refractivity (Wildman–Crippen MR) is 50.0 cm³/mol. The van der Waals surface area contributed by atoms with Crippen molar-refractivity contribution >= 4 is 11.9 Å². The number of carbonyl (C=O) groups is 2. The molecule has 2 N–H and O–H groups in total. The zero-order valence-electron chi connectivity index (χ0n) is 7.99. The fourth-order valence-electron chi connectivity index (χ4n) is 0.781. The second-order valence-corrected chi connectivity index (χ2v) is 2.66. The average Bonchev–Trinajstić information content (AvgIpc) is 2.11. The van der Waals surface area contributed by atoms with E-state index in [9.17, 15) is 9.59 Å². The summed E-state index contributed by atoms with van der Waals surface area (Å²) in [6.07, 6.45) is 1.09. The number of hydrogen-bond donors (Lipinski definition) is 1. The highest BCUT2D eigenvalue weighted by atomic mass is 16.2. The normalized spacial score (nSPS) is 9.15. The molecular formula is C8H15N3O2. The molecule has 0 rings (SSSR count). The van der Waals surface area contributed by atoms with Crippen molar-refractivity contribution in [3.05, 3.63) is 12.7 Å². The van der Waals surface area contributed by atoms with E-state index in [0.717, 1.165) is 11.0 Å². The first-order chi connectivity index (χ1) is 6.04. The average molecular weight is 185 g/mol. The zero-order chi connectivity index (χ0) is 10.4. The van der Waals surface area contributed by atoms with E-state index >= 15 is 0 Å². The van der Waals surface area contributed by atoms with Gasteiger partial charge in [-0.05, 0) is 6.08 Å². The molecule has 0 aromatic heterocycles. The number of urea groups is 1. The Balaban J connectivity index is 4.50. The Morgan fingerprint density at radius 3 is 2.31 bits per heavy atom. The number of hydrogen-bond acceptors (Lipinski definition) is 3. The van der Waals surface area contributed by atoms with Crippen molar-refractivity contribution in [1.82, 2.24) is 9.80 Å². The number of amides is 3. The third kappa shape index (κ3) is 3.25. The number of carbonyl (C=O) groups excluding carboxylic acids is 2. The van der Waals surface area contributed by atoms with Crippen LogP contribution in [-0.4, -0.2) is 48.9 Å². The minimum absolute atomic E-state index is 0.210. The molecule has 13 heavy (non-hydrogen) atoms. The van der Waals surface area contributed by atoms with Crippen LogP contribution in [-0.2, 0) is 4.79 Å². The highest BCUT2D eigenvalue weighted by molar-refractivity contribution is 5.99. The van der Waals surface area contributed by atoms with E-state index in [4.69, 9.17) is 5.73 Å². The van der Waals surface area contributed by atoms with Crippen molar-refractivity contribution in [2.45, 2.75) is 0 Å². The maximum Gasteiger partial charge on any atom is 0.326 e. The second-order valence-electron chi connectivity index (χ2n) is 2.66. The van der Waals surface area contributed by atoms with Crippen LogP contribution in [0.1, 0.15) is 0 Å². The predicted octanol–water partition coefficient (Wildman–Crippen LogP) is -0.359. The molecule has 0 saturated carbocycles. The molecule has 0 aromatic carbocycles. The third-order valence-electron chi connectivity index (χ3n) is 1.41. The molecule has 5 nitrogen and oxygen atoms in total. The van der Waals surface area contributed by atoms with Gasteiger partial charge in [0.15, 0.2) is 0 Å². The first kappa shape index (κ1) is 11.6. The molecule has 0 aliphatic carbocycles. The van der Waals surface area contributed by atoms with Crippen molar-refractivity contribution in [2.75, 3.05) is 27.2 Å². The highest BCUT2D eigenvalue weighted by Gasteiger charge is 2.19. The van der Waals surface area contributed by atoms with Crippen molar-refractivity contribution < 1.29 is 9.59 Å². The van der Waals surface area contributed by atoms with Crippen molar-refractivity contribution in [3.8, 4) is 0 Å². The first-order valence-corrected chi connectivity index (χ1v) is 3.89. The van der Waals surface area contributed by atoms with E-state index in [-0.39, 0.29) is 19.1 Å². The van der Waals surface area contributed by atoms with Crippen molar-refractivity contribution in [1.29, 1.82) is 0 Å². The van der Waals surface area contributed by atoms with Gasteiger partial charge in [-0.2, -0.15) is 0 Å². The van der Waals surface area contributed by atoms with E-state index in [0.29, 0.717) is 0 Å². The molecule has 5 heteroatoms. The highest BCUT2D eigenvalue weighted by Crippen LogP contribution is 1.95. The molecule has 0 spiro atoms. The number of nitrogens with two attached hydrogens (primary N) is 1. The summed E-state index contributed by atoms with van der Waals surface area (Å²) in [6, 6.07) is -0.379. The summed E-state index contributed by atoms with van der Waals surface area (Å²) < 4.78 is 0. The Bertz CT molecular complexity index is 213. The van der Waals surface area contributed by atoms with Crippen LogP contribution in [0.5, 0.6) is 0 Å². The lowest BCUT2D eigenvalue weighted by Gasteiger charge is -2.22. The molecule has 0 aliphatic rings. The van der Waals surface area contributed by atoms with E-state index in [1.807, 2.05) is 0 Å². The monoisotopic (exact) mass is 185 g/mol. The Morgan fingerprint density at radius 2 is 2.00 bits per heavy atom. The van der Waals surface area contributed by atoms with Crippen molar-refractivity contribution in [2.24, 2.45) is 5.73 Å². The van der Waals surface area contributed by atoms with Gasteiger partial charge in [0, 0.05) is 27.2 Å². The van der Waals surface area contributed by atoms with E-state index in [1.54, 1.807) is 14.1 Å². The summed E-state index contributed by atoms with van der Waals surface area (Å²) in [7, 11) is 3.14. The van der Waals surface area contributed by atoms with Gasteiger partial charge in [-0.25, -0.2) is 4.79 Å². The van der Waals surface area contributed by atoms with Crippen LogP contribution < -0.4 is 5.73 Å². The van der Waals surface area contributed by atoms with E-state index in [2.05, 4.69) is 6.58 Å². The summed E-state index contributed by atoms with van der Waals surface area (Å²) in [5.74, 6) is -0.427. The topological polar surface area (TPSA) is 66.6 Å². The van der Waals surface area contributed by atoms with E-state index < -0.39 is 5.91 Å². The maximum absolute atomic E-state index is 11.4. The molecule has 0 aliphatic heterocycles. The lowest BCUT2D eigenvalue weighted by atomic mass is 10.4. The zero-order valence-corrected chi connectivity index (χ0v) is 7.99. The molecule has 0 aromatic rings. The summed E-state index contributed by atoms with van der Waals surface area (Å²) >= 11 is 0. The molecule has 0 fully saturated rings. The molecule has 0 unspecified atom stereocenters. The lowest BCUT2D eigenvalue weighted by Crippen LogP contribution is -2.44. The summed E-state index contributed by atoms with van der Waals surface area (Å²) in [5.41, 5.74) is 5.26. The third-order valence-corrected chi connectivity index (χ3v) is 1.41. The fraction of sp³-hybridized carbons (Fsp3) is 0.500. The van der Waals surface area contributed by atoms with Crippen molar-refractivity contribution in [3.63, 3.8) is 0 Å². The fourth-order valence-corrected chi connectivity index (χ4v) is 0.781. The van der Waals surface area contributed by atoms with Gasteiger partial charge in [0.1, 0.15) is 0 Å². The van der Waals surface area contributed by atoms with Crippen LogP contribution in [0.4, 0.5) is 4.79 Å². The van der Waals surface area contributed by atoms with Gasteiger partial charge >= 0.3 is 6.03 Å². The molecule has 0 bridgehead atoms. The van der Waals surface area contributed by atoms with Crippen LogP contribution in [0.2, 0.25) is 0 Å². The van der Waals surface area contributed by atoms with E-state index in [1.165, 1.54) is 4.90 Å². The quantitative estimate of drug-likeness (QED) is 0.611. The van der Waals surface area contributed by atoms with Gasteiger partial charge in [0.05, 0.1) is 0 Å². The number of rotatable bonds is 3. The van der Waals surface area contributed by atoms with Crippen LogP contribution in [0.25, 0.3) is 0 Å². The molecule has 0 heterocycles. The summed E-state index contributed by atoms with van der Waals surface area (Å²) in [4.78, 5) is 24.9. The summed E-state index contributed by atoms with van der Waals surface area (Å²) in [6.45, 7) is 3.76. The molecule has 0 radical (unpaired) electrons. The summed E-state index contributed by atoms with van der Waals surface area (Å²) in [5, 5.41) is 0. The smallest absolute Gasteiger partial charge is 0.326 e. The first-order valence-electron chi connectivity index (χ1n) is 3.89. The van der Waals surface area contributed by atoms with Gasteiger partial charge in [-0.3, -0.25) is 9.69 Å². The lowest BCUT2D eigenvalue weighted by molar-refractivity contribution is -0.123. The number of nitrogens with zero attached hydrogens (tertiary/aromatic N) is 2. The Labute approximate surface area is 77.8 Å². The van der Waals surface area contributed by atoms with Crippen LogP contribution in [0.15, 0.2) is 12.7 Å². The van der Waals surface area contributed by atoms with Gasteiger partial charge in [0.2, 0.25) is 0 Å². The molecule has 3 amide bonds. The van der Waals surface area contributed by atoms with Gasteiger partial charge in [0.25, 0.3) is 5.91 Å². The molecule has 74 valence electrons.